The molecule has 0 atom stereocenters. The standard InChI is InChI=1S/C52H63N/c1-49(2,3)45-24-46(50(4,5)6)26-48(25-45)53-47-22-41(39-7-11-43(12-8-39)51-27-33-15-34(28-51)17-35(16-33)29-51)21-42(23-47)40-9-13-44(14-10-40)52-30-36-18-37(31-52)20-38(19-36)32-52/h7-14,21-26,33-38,53H,15-20,27-32H2,1-6H3. The second-order valence-electron chi connectivity index (χ2n) is 21.8. The third-order valence-corrected chi connectivity index (χ3v) is 15.6. The van der Waals surface area contributed by atoms with Crippen LogP contribution in [0.15, 0.2) is 84.9 Å². The van der Waals surface area contributed by atoms with E-state index < -0.39 is 0 Å². The van der Waals surface area contributed by atoms with Gasteiger partial charge in [0.25, 0.3) is 0 Å². The lowest BCUT2D eigenvalue weighted by atomic mass is 9.48. The molecule has 8 aliphatic rings. The molecule has 8 saturated carbocycles. The summed E-state index contributed by atoms with van der Waals surface area (Å²) in [6, 6.07) is 34.3. The normalized spacial score (nSPS) is 32.7. The van der Waals surface area contributed by atoms with Crippen LogP contribution in [0.5, 0.6) is 0 Å². The molecule has 0 aliphatic heterocycles. The van der Waals surface area contributed by atoms with Gasteiger partial charge in [-0.15, -0.1) is 0 Å². The van der Waals surface area contributed by atoms with Crippen LogP contribution in [-0.2, 0) is 21.7 Å². The zero-order valence-electron chi connectivity index (χ0n) is 33.5. The lowest BCUT2D eigenvalue weighted by Gasteiger charge is -2.57. The molecule has 276 valence electrons. The van der Waals surface area contributed by atoms with Gasteiger partial charge in [0.2, 0.25) is 0 Å². The maximum atomic E-state index is 3.95. The molecule has 1 nitrogen and oxygen atoms in total. The Hall–Kier alpha value is -3.32. The van der Waals surface area contributed by atoms with E-state index in [1.54, 1.807) is 11.1 Å². The molecule has 0 unspecified atom stereocenters. The molecular weight excluding hydrogens is 639 g/mol. The van der Waals surface area contributed by atoms with Crippen LogP contribution in [-0.4, -0.2) is 0 Å². The zero-order chi connectivity index (χ0) is 36.3. The largest absolute Gasteiger partial charge is 0.355 e. The molecule has 8 aliphatic carbocycles. The van der Waals surface area contributed by atoms with Gasteiger partial charge in [-0.1, -0.05) is 96.1 Å². The van der Waals surface area contributed by atoms with Gasteiger partial charge >= 0.3 is 0 Å². The molecule has 1 N–H and O–H groups in total. The fraction of sp³-hybridized carbons (Fsp3) is 0.538. The molecule has 12 rings (SSSR count). The Balaban J connectivity index is 1.01. The van der Waals surface area contributed by atoms with E-state index >= 15 is 0 Å². The minimum Gasteiger partial charge on any atom is -0.355 e. The highest BCUT2D eigenvalue weighted by Gasteiger charge is 2.52. The Morgan fingerprint density at radius 2 is 0.717 bits per heavy atom. The first kappa shape index (κ1) is 34.2. The summed E-state index contributed by atoms with van der Waals surface area (Å²) >= 11 is 0. The molecule has 0 aromatic heterocycles. The average Bonchev–Trinajstić information content (AvgIpc) is 3.10. The van der Waals surface area contributed by atoms with E-state index in [0.29, 0.717) is 10.8 Å². The van der Waals surface area contributed by atoms with Crippen molar-refractivity contribution in [1.29, 1.82) is 0 Å². The predicted molar refractivity (Wildman–Crippen MR) is 224 cm³/mol. The summed E-state index contributed by atoms with van der Waals surface area (Å²) in [6.45, 7) is 14.0. The van der Waals surface area contributed by atoms with Crippen molar-refractivity contribution in [3.8, 4) is 22.3 Å². The van der Waals surface area contributed by atoms with E-state index in [1.165, 1.54) is 122 Å². The van der Waals surface area contributed by atoms with Gasteiger partial charge in [0, 0.05) is 11.4 Å². The molecule has 0 amide bonds. The summed E-state index contributed by atoms with van der Waals surface area (Å²) in [7, 11) is 0. The van der Waals surface area contributed by atoms with E-state index in [9.17, 15) is 0 Å². The number of rotatable bonds is 6. The molecule has 8 bridgehead atoms. The highest BCUT2D eigenvalue weighted by atomic mass is 14.9. The van der Waals surface area contributed by atoms with Crippen molar-refractivity contribution in [3.63, 3.8) is 0 Å². The molecule has 0 saturated heterocycles. The molecule has 0 spiro atoms. The van der Waals surface area contributed by atoms with E-state index in [2.05, 4.69) is 132 Å². The molecule has 0 heterocycles. The smallest absolute Gasteiger partial charge is 0.0396 e. The molecular formula is C52H63N. The molecule has 4 aromatic carbocycles. The lowest BCUT2D eigenvalue weighted by Crippen LogP contribution is -2.48. The number of benzene rings is 4. The van der Waals surface area contributed by atoms with Crippen LogP contribution in [0, 0.1) is 35.5 Å². The quantitative estimate of drug-likeness (QED) is 0.211. The Morgan fingerprint density at radius 3 is 1.04 bits per heavy atom. The summed E-state index contributed by atoms with van der Waals surface area (Å²) in [5, 5.41) is 3.95. The maximum absolute atomic E-state index is 3.95. The minimum atomic E-state index is 0.0710. The summed E-state index contributed by atoms with van der Waals surface area (Å²) in [5.74, 6) is 5.81. The third-order valence-electron chi connectivity index (χ3n) is 15.6. The Kier molecular flexibility index (Phi) is 7.80. The molecule has 4 aromatic rings. The topological polar surface area (TPSA) is 12.0 Å². The van der Waals surface area contributed by atoms with Gasteiger partial charge in [-0.2, -0.15) is 0 Å². The first-order valence-electron chi connectivity index (χ1n) is 21.6. The SMILES string of the molecule is CC(C)(C)c1cc(Nc2cc(-c3ccc(C45CC6CC(CC(C6)C4)C5)cc3)cc(-c3ccc(C45CC6CC(CC(C6)C4)C5)cc3)c2)cc(C(C)(C)C)c1. The van der Waals surface area contributed by atoms with E-state index in [0.717, 1.165) is 35.5 Å². The van der Waals surface area contributed by atoms with Gasteiger partial charge in [0.1, 0.15) is 0 Å². The van der Waals surface area contributed by atoms with Gasteiger partial charge in [0.05, 0.1) is 0 Å². The van der Waals surface area contributed by atoms with Crippen molar-refractivity contribution < 1.29 is 0 Å². The third kappa shape index (κ3) is 6.21. The van der Waals surface area contributed by atoms with Crippen molar-refractivity contribution >= 4 is 11.4 Å². The Labute approximate surface area is 320 Å². The minimum absolute atomic E-state index is 0.0710. The fourth-order valence-corrected chi connectivity index (χ4v) is 13.7. The van der Waals surface area contributed by atoms with Crippen molar-refractivity contribution in [2.75, 3.05) is 5.32 Å². The molecule has 1 heteroatoms. The van der Waals surface area contributed by atoms with Crippen LogP contribution in [0.3, 0.4) is 0 Å². The zero-order valence-corrected chi connectivity index (χ0v) is 33.5. The maximum Gasteiger partial charge on any atom is 0.0396 e. The van der Waals surface area contributed by atoms with Gasteiger partial charge < -0.3 is 5.32 Å². The van der Waals surface area contributed by atoms with Crippen LogP contribution >= 0.6 is 0 Å². The second-order valence-corrected chi connectivity index (χ2v) is 21.8. The van der Waals surface area contributed by atoms with Crippen LogP contribution < -0.4 is 5.32 Å². The van der Waals surface area contributed by atoms with Crippen LogP contribution in [0.2, 0.25) is 0 Å². The van der Waals surface area contributed by atoms with Crippen LogP contribution in [0.1, 0.15) is 141 Å². The van der Waals surface area contributed by atoms with Crippen molar-refractivity contribution in [2.24, 2.45) is 35.5 Å². The summed E-state index contributed by atoms with van der Waals surface area (Å²) in [6.07, 6.45) is 17.5. The molecule has 0 radical (unpaired) electrons. The van der Waals surface area contributed by atoms with Crippen molar-refractivity contribution in [1.82, 2.24) is 0 Å². The first-order valence-corrected chi connectivity index (χ1v) is 21.6. The Morgan fingerprint density at radius 1 is 0.396 bits per heavy atom. The van der Waals surface area contributed by atoms with Gasteiger partial charge in [-0.3, -0.25) is 0 Å². The summed E-state index contributed by atoms with van der Waals surface area (Å²) in [4.78, 5) is 0. The fourth-order valence-electron chi connectivity index (χ4n) is 13.7. The number of nitrogens with one attached hydrogen (secondary N) is 1. The van der Waals surface area contributed by atoms with Crippen molar-refractivity contribution in [2.45, 2.75) is 140 Å². The lowest BCUT2D eigenvalue weighted by molar-refractivity contribution is -0.00530. The van der Waals surface area contributed by atoms with Crippen molar-refractivity contribution in [3.05, 3.63) is 107 Å². The summed E-state index contributed by atoms with van der Waals surface area (Å²) in [5.41, 5.74) is 14.6. The number of hydrogen-bond donors (Lipinski definition) is 1. The highest BCUT2D eigenvalue weighted by Crippen LogP contribution is 2.62. The number of anilines is 2. The van der Waals surface area contributed by atoms with Gasteiger partial charge in [0.15, 0.2) is 0 Å². The molecule has 8 fully saturated rings. The van der Waals surface area contributed by atoms with Crippen LogP contribution in [0.4, 0.5) is 11.4 Å². The summed E-state index contributed by atoms with van der Waals surface area (Å²) < 4.78 is 0. The van der Waals surface area contributed by atoms with Gasteiger partial charge in [-0.25, -0.2) is 0 Å². The predicted octanol–water partition coefficient (Wildman–Crippen LogP) is 14.3. The number of hydrogen-bond acceptors (Lipinski definition) is 1. The van der Waals surface area contributed by atoms with Crippen LogP contribution in [0.25, 0.3) is 22.3 Å². The highest BCUT2D eigenvalue weighted by molar-refractivity contribution is 5.80. The van der Waals surface area contributed by atoms with E-state index in [1.807, 2.05) is 0 Å². The second kappa shape index (κ2) is 12.1. The average molecular weight is 702 g/mol. The van der Waals surface area contributed by atoms with E-state index in [-0.39, 0.29) is 10.8 Å². The first-order chi connectivity index (χ1) is 25.3. The van der Waals surface area contributed by atoms with E-state index in [4.69, 9.17) is 0 Å². The molecule has 53 heavy (non-hydrogen) atoms. The Bertz CT molecular complexity index is 1800. The van der Waals surface area contributed by atoms with Gasteiger partial charge in [-0.05, 0) is 209 Å². The monoisotopic (exact) mass is 701 g/mol.